The number of benzene rings is 1. The van der Waals surface area contributed by atoms with E-state index in [0.717, 1.165) is 31.4 Å². The molecule has 0 aliphatic heterocycles. The molecule has 1 saturated carbocycles. The molecule has 1 aromatic carbocycles. The number of nitro groups is 1. The van der Waals surface area contributed by atoms with Gasteiger partial charge in [-0.05, 0) is 44.6 Å². The molecule has 110 valence electrons. The van der Waals surface area contributed by atoms with Gasteiger partial charge in [0.05, 0.1) is 17.1 Å². The zero-order valence-corrected chi connectivity index (χ0v) is 12.1. The first-order chi connectivity index (χ1) is 9.47. The summed E-state index contributed by atoms with van der Waals surface area (Å²) in [5.74, 6) is 0.683. The van der Waals surface area contributed by atoms with Crippen LogP contribution in [0.3, 0.4) is 0 Å². The van der Waals surface area contributed by atoms with Gasteiger partial charge in [-0.3, -0.25) is 10.1 Å². The lowest BCUT2D eigenvalue weighted by Crippen LogP contribution is -2.45. The number of nitrogens with one attached hydrogen (secondary N) is 1. The molecule has 0 unspecified atom stereocenters. The summed E-state index contributed by atoms with van der Waals surface area (Å²) >= 11 is 0. The fourth-order valence-corrected chi connectivity index (χ4v) is 2.88. The minimum atomic E-state index is -0.366. The van der Waals surface area contributed by atoms with Crippen molar-refractivity contribution in [2.24, 2.45) is 5.92 Å². The zero-order chi connectivity index (χ0) is 14.8. The number of nitro benzene ring substituents is 1. The van der Waals surface area contributed by atoms with Gasteiger partial charge in [-0.25, -0.2) is 0 Å². The summed E-state index contributed by atoms with van der Waals surface area (Å²) in [6.07, 6.45) is 3.93. The van der Waals surface area contributed by atoms with Crippen molar-refractivity contribution >= 4 is 11.4 Å². The lowest BCUT2D eigenvalue weighted by atomic mass is 9.77. The molecule has 20 heavy (non-hydrogen) atoms. The molecule has 2 N–H and O–H groups in total. The second-order valence-corrected chi connectivity index (χ2v) is 5.95. The van der Waals surface area contributed by atoms with E-state index >= 15 is 0 Å². The molecule has 5 heteroatoms. The SMILES string of the molecule is Cc1c(NC2(CO)CCC(C)CC2)cccc1[N+](=O)[O-]. The molecule has 1 aliphatic rings. The van der Waals surface area contributed by atoms with E-state index in [1.165, 1.54) is 6.07 Å². The smallest absolute Gasteiger partial charge is 0.274 e. The molecular formula is C15H22N2O3. The highest BCUT2D eigenvalue weighted by Crippen LogP contribution is 2.36. The lowest BCUT2D eigenvalue weighted by molar-refractivity contribution is -0.385. The van der Waals surface area contributed by atoms with Crippen LogP contribution in [0.2, 0.25) is 0 Å². The van der Waals surface area contributed by atoms with Gasteiger partial charge in [0, 0.05) is 17.3 Å². The predicted molar refractivity (Wildman–Crippen MR) is 78.9 cm³/mol. The van der Waals surface area contributed by atoms with Crippen LogP contribution in [0.15, 0.2) is 18.2 Å². The fraction of sp³-hybridized carbons (Fsp3) is 0.600. The van der Waals surface area contributed by atoms with E-state index in [9.17, 15) is 15.2 Å². The molecule has 1 aromatic rings. The van der Waals surface area contributed by atoms with Crippen molar-refractivity contribution in [3.8, 4) is 0 Å². The molecule has 0 atom stereocenters. The van der Waals surface area contributed by atoms with Crippen molar-refractivity contribution in [2.45, 2.75) is 45.1 Å². The Morgan fingerprint density at radius 1 is 1.45 bits per heavy atom. The molecule has 0 radical (unpaired) electrons. The standard InChI is InChI=1S/C15H22N2O3/c1-11-6-8-15(10-18,9-7-11)16-13-4-3-5-14(12(13)2)17(19)20/h3-5,11,16,18H,6-10H2,1-2H3. The van der Waals surface area contributed by atoms with Crippen LogP contribution in [0.1, 0.15) is 38.2 Å². The topological polar surface area (TPSA) is 75.4 Å². The highest BCUT2D eigenvalue weighted by Gasteiger charge is 2.34. The summed E-state index contributed by atoms with van der Waals surface area (Å²) in [6.45, 7) is 4.03. The number of aliphatic hydroxyl groups excluding tert-OH is 1. The number of anilines is 1. The molecule has 0 aromatic heterocycles. The van der Waals surface area contributed by atoms with Crippen LogP contribution < -0.4 is 5.32 Å². The van der Waals surface area contributed by atoms with Gasteiger partial charge in [0.1, 0.15) is 0 Å². The fourth-order valence-electron chi connectivity index (χ4n) is 2.88. The van der Waals surface area contributed by atoms with E-state index in [-0.39, 0.29) is 22.8 Å². The van der Waals surface area contributed by atoms with Crippen LogP contribution in [-0.2, 0) is 0 Å². The highest BCUT2D eigenvalue weighted by atomic mass is 16.6. The van der Waals surface area contributed by atoms with Crippen LogP contribution >= 0.6 is 0 Å². The van der Waals surface area contributed by atoms with E-state index in [2.05, 4.69) is 12.2 Å². The number of hydrogen-bond acceptors (Lipinski definition) is 4. The predicted octanol–water partition coefficient (Wildman–Crippen LogP) is 3.26. The van der Waals surface area contributed by atoms with E-state index in [1.807, 2.05) is 6.07 Å². The average molecular weight is 278 g/mol. The minimum absolute atomic E-state index is 0.0574. The van der Waals surface area contributed by atoms with Crippen molar-refractivity contribution in [3.63, 3.8) is 0 Å². The molecule has 0 saturated heterocycles. The number of hydrogen-bond donors (Lipinski definition) is 2. The van der Waals surface area contributed by atoms with Crippen LogP contribution in [-0.4, -0.2) is 22.2 Å². The summed E-state index contributed by atoms with van der Waals surface area (Å²) in [6, 6.07) is 5.04. The summed E-state index contributed by atoms with van der Waals surface area (Å²) in [7, 11) is 0. The Bertz CT molecular complexity index is 494. The second-order valence-electron chi connectivity index (χ2n) is 5.95. The normalized spacial score (nSPS) is 26.2. The van der Waals surface area contributed by atoms with Gasteiger partial charge >= 0.3 is 0 Å². The van der Waals surface area contributed by atoms with Gasteiger partial charge in [-0.1, -0.05) is 13.0 Å². The molecule has 5 nitrogen and oxygen atoms in total. The maximum atomic E-state index is 11.0. The Morgan fingerprint density at radius 2 is 2.10 bits per heavy atom. The van der Waals surface area contributed by atoms with E-state index < -0.39 is 0 Å². The summed E-state index contributed by atoms with van der Waals surface area (Å²) in [4.78, 5) is 10.6. The van der Waals surface area contributed by atoms with Crippen molar-refractivity contribution < 1.29 is 10.0 Å². The Balaban J connectivity index is 2.24. The Hall–Kier alpha value is -1.62. The summed E-state index contributed by atoms with van der Waals surface area (Å²) in [5, 5.41) is 24.1. The molecule has 0 spiro atoms. The molecule has 2 rings (SSSR count). The molecule has 0 amide bonds. The minimum Gasteiger partial charge on any atom is -0.394 e. The van der Waals surface area contributed by atoms with Gasteiger partial charge < -0.3 is 10.4 Å². The number of nitrogens with zero attached hydrogens (tertiary/aromatic N) is 1. The first-order valence-electron chi connectivity index (χ1n) is 7.10. The van der Waals surface area contributed by atoms with Gasteiger partial charge in [0.2, 0.25) is 0 Å². The number of rotatable bonds is 4. The molecule has 0 heterocycles. The van der Waals surface area contributed by atoms with Gasteiger partial charge in [-0.2, -0.15) is 0 Å². The third kappa shape index (κ3) is 2.93. The van der Waals surface area contributed by atoms with Gasteiger partial charge in [-0.15, -0.1) is 0 Å². The molecule has 1 fully saturated rings. The third-order valence-electron chi connectivity index (χ3n) is 4.44. The summed E-state index contributed by atoms with van der Waals surface area (Å²) < 4.78 is 0. The maximum Gasteiger partial charge on any atom is 0.274 e. The molecular weight excluding hydrogens is 256 g/mol. The van der Waals surface area contributed by atoms with Gasteiger partial charge in [0.25, 0.3) is 5.69 Å². The van der Waals surface area contributed by atoms with Crippen molar-refractivity contribution in [1.82, 2.24) is 0 Å². The third-order valence-corrected chi connectivity index (χ3v) is 4.44. The highest BCUT2D eigenvalue weighted by molar-refractivity contribution is 5.61. The summed E-state index contributed by atoms with van der Waals surface area (Å²) in [5.41, 5.74) is 1.16. The Labute approximate surface area is 119 Å². The first-order valence-corrected chi connectivity index (χ1v) is 7.10. The molecule has 0 bridgehead atoms. The van der Waals surface area contributed by atoms with Crippen LogP contribution in [0.4, 0.5) is 11.4 Å². The van der Waals surface area contributed by atoms with E-state index in [0.29, 0.717) is 11.5 Å². The lowest BCUT2D eigenvalue weighted by Gasteiger charge is -2.39. The Morgan fingerprint density at radius 3 is 2.65 bits per heavy atom. The van der Waals surface area contributed by atoms with Crippen molar-refractivity contribution in [1.29, 1.82) is 0 Å². The van der Waals surface area contributed by atoms with Crippen LogP contribution in [0.5, 0.6) is 0 Å². The van der Waals surface area contributed by atoms with Gasteiger partial charge in [0.15, 0.2) is 0 Å². The number of aliphatic hydroxyl groups is 1. The van der Waals surface area contributed by atoms with Crippen LogP contribution in [0.25, 0.3) is 0 Å². The van der Waals surface area contributed by atoms with E-state index in [1.54, 1.807) is 13.0 Å². The maximum absolute atomic E-state index is 11.0. The van der Waals surface area contributed by atoms with Crippen molar-refractivity contribution in [2.75, 3.05) is 11.9 Å². The quantitative estimate of drug-likeness (QED) is 0.654. The largest absolute Gasteiger partial charge is 0.394 e. The Kier molecular flexibility index (Phi) is 4.28. The van der Waals surface area contributed by atoms with Crippen LogP contribution in [0, 0.1) is 23.0 Å². The monoisotopic (exact) mass is 278 g/mol. The van der Waals surface area contributed by atoms with E-state index in [4.69, 9.17) is 0 Å². The second kappa shape index (κ2) is 5.79. The molecule has 1 aliphatic carbocycles. The van der Waals surface area contributed by atoms with Crippen molar-refractivity contribution in [3.05, 3.63) is 33.9 Å². The average Bonchev–Trinajstić information content (AvgIpc) is 2.43. The first kappa shape index (κ1) is 14.8. The zero-order valence-electron chi connectivity index (χ0n) is 12.1.